The van der Waals surface area contributed by atoms with Gasteiger partial charge in [0, 0.05) is 0 Å². The molecule has 0 spiro atoms. The topological polar surface area (TPSA) is 100 Å². The van der Waals surface area contributed by atoms with Gasteiger partial charge in [-0.1, -0.05) is 0 Å². The predicted octanol–water partition coefficient (Wildman–Crippen LogP) is 0.435. The van der Waals surface area contributed by atoms with E-state index in [1.807, 2.05) is 0 Å². The van der Waals surface area contributed by atoms with Gasteiger partial charge in [-0.25, -0.2) is 5.10 Å². The number of azo groups is 1. The summed E-state index contributed by atoms with van der Waals surface area (Å²) in [5.74, 6) is -0.529. The summed E-state index contributed by atoms with van der Waals surface area (Å²) in [6, 6.07) is -1.04. The van der Waals surface area contributed by atoms with Crippen molar-refractivity contribution in [3.8, 4) is 0 Å². The van der Waals surface area contributed by atoms with Gasteiger partial charge in [0.05, 0.1) is 0 Å². The lowest BCUT2D eigenvalue weighted by atomic mass is 10.1. The molecule has 7 nitrogen and oxygen atoms in total. The Morgan fingerprint density at radius 1 is 1.43 bits per heavy atom. The molecule has 1 heterocycles. The minimum absolute atomic E-state index is 0.164. The summed E-state index contributed by atoms with van der Waals surface area (Å²) in [6.07, 6.45) is 1.25. The van der Waals surface area contributed by atoms with Crippen LogP contribution in [0.1, 0.15) is 13.8 Å². The van der Waals surface area contributed by atoms with E-state index in [0.29, 0.717) is 0 Å². The third-order valence-electron chi connectivity index (χ3n) is 1.44. The molecule has 0 saturated carbocycles. The molecule has 1 rings (SSSR count). The summed E-state index contributed by atoms with van der Waals surface area (Å²) in [7, 11) is 0. The Labute approximate surface area is 79.6 Å². The fourth-order valence-corrected chi connectivity index (χ4v) is 0.808. The van der Waals surface area contributed by atoms with E-state index < -0.39 is 6.04 Å². The molecule has 0 aliphatic heterocycles. The minimum Gasteiger partial charge on any atom is -0.297 e. The van der Waals surface area contributed by atoms with Crippen LogP contribution in [0, 0.1) is 0 Å². The number of hydrogen-bond acceptors (Lipinski definition) is 6. The van der Waals surface area contributed by atoms with Gasteiger partial charge >= 0.3 is 0 Å². The minimum atomic E-state index is -1.04. The first-order valence-corrected chi connectivity index (χ1v) is 3.88. The third kappa shape index (κ3) is 2.54. The molecule has 0 unspecified atom stereocenters. The molecular formula is C7H9N5O2. The standard InChI is InChI=1S/C7H9N5O2/c1-4(13)6(5(2)14)10-12-7-8-3-9-11-7/h3,6H,1-2H3,(H,8,9,11). The molecule has 1 aromatic rings. The van der Waals surface area contributed by atoms with Gasteiger partial charge in [0.15, 0.2) is 17.6 Å². The highest BCUT2D eigenvalue weighted by atomic mass is 16.2. The van der Waals surface area contributed by atoms with Crippen molar-refractivity contribution in [1.29, 1.82) is 0 Å². The molecule has 14 heavy (non-hydrogen) atoms. The number of hydrogen-bond donors (Lipinski definition) is 1. The molecule has 0 bridgehead atoms. The first kappa shape index (κ1) is 10.2. The fraction of sp³-hybridized carbons (Fsp3) is 0.429. The van der Waals surface area contributed by atoms with Crippen LogP contribution in [0.15, 0.2) is 16.6 Å². The number of carbonyl (C=O) groups excluding carboxylic acids is 2. The summed E-state index contributed by atoms with van der Waals surface area (Å²) in [6.45, 7) is 2.57. The normalized spacial score (nSPS) is 11.1. The van der Waals surface area contributed by atoms with Crippen molar-refractivity contribution in [1.82, 2.24) is 15.2 Å². The molecule has 74 valence electrons. The van der Waals surface area contributed by atoms with Crippen molar-refractivity contribution in [2.24, 2.45) is 10.2 Å². The van der Waals surface area contributed by atoms with Crippen molar-refractivity contribution < 1.29 is 9.59 Å². The summed E-state index contributed by atoms with van der Waals surface area (Å²) in [4.78, 5) is 25.5. The lowest BCUT2D eigenvalue weighted by molar-refractivity contribution is -0.126. The van der Waals surface area contributed by atoms with E-state index in [1.54, 1.807) is 0 Å². The second-order valence-electron chi connectivity index (χ2n) is 2.65. The lowest BCUT2D eigenvalue weighted by Crippen LogP contribution is -2.23. The predicted molar refractivity (Wildman–Crippen MR) is 46.0 cm³/mol. The van der Waals surface area contributed by atoms with Crippen LogP contribution in [0.3, 0.4) is 0 Å². The molecule has 0 aromatic carbocycles. The maximum Gasteiger partial charge on any atom is 0.264 e. The van der Waals surface area contributed by atoms with Crippen molar-refractivity contribution in [2.45, 2.75) is 19.9 Å². The summed E-state index contributed by atoms with van der Waals surface area (Å²) in [5, 5.41) is 13.1. The highest BCUT2D eigenvalue weighted by molar-refractivity contribution is 6.04. The Morgan fingerprint density at radius 2 is 2.07 bits per heavy atom. The van der Waals surface area contributed by atoms with E-state index in [0.717, 1.165) is 0 Å². The van der Waals surface area contributed by atoms with Gasteiger partial charge < -0.3 is 0 Å². The van der Waals surface area contributed by atoms with Gasteiger partial charge in [-0.2, -0.15) is 15.2 Å². The van der Waals surface area contributed by atoms with Crippen molar-refractivity contribution in [3.63, 3.8) is 0 Å². The van der Waals surface area contributed by atoms with E-state index in [9.17, 15) is 9.59 Å². The molecule has 1 aromatic heterocycles. The lowest BCUT2D eigenvalue weighted by Gasteiger charge is -1.99. The van der Waals surface area contributed by atoms with Crippen LogP contribution in [0.5, 0.6) is 0 Å². The number of nitrogens with one attached hydrogen (secondary N) is 1. The second-order valence-corrected chi connectivity index (χ2v) is 2.65. The van der Waals surface area contributed by atoms with Gasteiger partial charge in [0.2, 0.25) is 0 Å². The number of H-pyrrole nitrogens is 1. The van der Waals surface area contributed by atoms with Gasteiger partial charge in [-0.05, 0) is 13.8 Å². The highest BCUT2D eigenvalue weighted by Gasteiger charge is 2.18. The van der Waals surface area contributed by atoms with E-state index in [2.05, 4.69) is 25.4 Å². The van der Waals surface area contributed by atoms with Crippen LogP contribution in [0.2, 0.25) is 0 Å². The maximum atomic E-state index is 10.9. The quantitative estimate of drug-likeness (QED) is 0.556. The maximum absolute atomic E-state index is 10.9. The molecule has 0 amide bonds. The molecular weight excluding hydrogens is 186 g/mol. The molecule has 0 fully saturated rings. The molecule has 7 heteroatoms. The Kier molecular flexibility index (Phi) is 3.16. The molecule has 0 aliphatic rings. The van der Waals surface area contributed by atoms with Gasteiger partial charge in [0.1, 0.15) is 6.33 Å². The number of Topliss-reactive ketones (excluding diaryl/α,β-unsaturated/α-hetero) is 2. The largest absolute Gasteiger partial charge is 0.297 e. The highest BCUT2D eigenvalue weighted by Crippen LogP contribution is 2.03. The van der Waals surface area contributed by atoms with E-state index in [1.165, 1.54) is 20.2 Å². The molecule has 0 radical (unpaired) electrons. The average Bonchev–Trinajstić information content (AvgIpc) is 2.55. The zero-order chi connectivity index (χ0) is 10.6. The van der Waals surface area contributed by atoms with Crippen molar-refractivity contribution >= 4 is 17.5 Å². The Morgan fingerprint density at radius 3 is 2.50 bits per heavy atom. The number of aromatic nitrogens is 3. The Bertz CT molecular complexity index is 342. The van der Waals surface area contributed by atoms with Crippen molar-refractivity contribution in [3.05, 3.63) is 6.33 Å². The molecule has 0 aliphatic carbocycles. The van der Waals surface area contributed by atoms with E-state index in [-0.39, 0.29) is 17.5 Å². The SMILES string of the molecule is CC(=O)C(N=Nc1ncn[nH]1)C(C)=O. The van der Waals surface area contributed by atoms with Gasteiger partial charge in [-0.15, -0.1) is 5.11 Å². The van der Waals surface area contributed by atoms with Gasteiger partial charge in [0.25, 0.3) is 5.95 Å². The number of ketones is 2. The van der Waals surface area contributed by atoms with E-state index >= 15 is 0 Å². The summed E-state index contributed by atoms with van der Waals surface area (Å²) in [5.41, 5.74) is 0. The Balaban J connectivity index is 2.74. The fourth-order valence-electron chi connectivity index (χ4n) is 0.808. The van der Waals surface area contributed by atoms with Crippen LogP contribution in [-0.4, -0.2) is 32.8 Å². The number of aromatic amines is 1. The van der Waals surface area contributed by atoms with Gasteiger partial charge in [-0.3, -0.25) is 9.59 Å². The monoisotopic (exact) mass is 195 g/mol. The first-order valence-electron chi connectivity index (χ1n) is 3.88. The van der Waals surface area contributed by atoms with Crippen LogP contribution in [0.25, 0.3) is 0 Å². The second kappa shape index (κ2) is 4.35. The number of nitrogens with zero attached hydrogens (tertiary/aromatic N) is 4. The zero-order valence-corrected chi connectivity index (χ0v) is 7.76. The third-order valence-corrected chi connectivity index (χ3v) is 1.44. The van der Waals surface area contributed by atoms with Crippen molar-refractivity contribution in [2.75, 3.05) is 0 Å². The zero-order valence-electron chi connectivity index (χ0n) is 7.76. The Hall–Kier alpha value is -1.92. The number of carbonyl (C=O) groups is 2. The van der Waals surface area contributed by atoms with Crippen LogP contribution >= 0.6 is 0 Å². The van der Waals surface area contributed by atoms with Crippen LogP contribution in [0.4, 0.5) is 5.95 Å². The van der Waals surface area contributed by atoms with E-state index in [4.69, 9.17) is 0 Å². The molecule has 0 atom stereocenters. The molecule has 1 N–H and O–H groups in total. The number of rotatable bonds is 4. The average molecular weight is 195 g/mol. The summed E-state index contributed by atoms with van der Waals surface area (Å²) >= 11 is 0. The summed E-state index contributed by atoms with van der Waals surface area (Å²) < 4.78 is 0. The van der Waals surface area contributed by atoms with Crippen LogP contribution < -0.4 is 0 Å². The smallest absolute Gasteiger partial charge is 0.264 e. The first-order chi connectivity index (χ1) is 6.61. The van der Waals surface area contributed by atoms with Crippen LogP contribution in [-0.2, 0) is 9.59 Å². The molecule has 0 saturated heterocycles.